The molecule has 0 aliphatic carbocycles. The van der Waals surface area contributed by atoms with E-state index in [1.807, 2.05) is 48.5 Å². The third-order valence-corrected chi connectivity index (χ3v) is 4.55. The highest BCUT2D eigenvalue weighted by molar-refractivity contribution is 6.31. The number of para-hydroxylation sites is 1. The van der Waals surface area contributed by atoms with Gasteiger partial charge in [-0.3, -0.25) is 9.78 Å². The second kappa shape index (κ2) is 8.02. The van der Waals surface area contributed by atoms with E-state index in [1.165, 1.54) is 12.4 Å². The van der Waals surface area contributed by atoms with E-state index in [0.717, 1.165) is 16.5 Å². The second-order valence-corrected chi connectivity index (χ2v) is 6.47. The first-order valence-electron chi connectivity index (χ1n) is 8.65. The summed E-state index contributed by atoms with van der Waals surface area (Å²) in [5, 5.41) is 7.62. The van der Waals surface area contributed by atoms with Crippen LogP contribution in [0.25, 0.3) is 10.9 Å². The Morgan fingerprint density at radius 1 is 0.929 bits per heavy atom. The molecule has 0 bridgehead atoms. The van der Waals surface area contributed by atoms with Crippen LogP contribution in [-0.4, -0.2) is 20.9 Å². The largest absolute Gasteiger partial charge is 0.365 e. The quantitative estimate of drug-likeness (QED) is 0.523. The molecule has 138 valence electrons. The van der Waals surface area contributed by atoms with E-state index >= 15 is 0 Å². The number of halogens is 1. The zero-order valence-corrected chi connectivity index (χ0v) is 15.5. The molecule has 0 aliphatic rings. The first kappa shape index (κ1) is 17.9. The number of benzene rings is 2. The fourth-order valence-corrected chi connectivity index (χ4v) is 2.96. The zero-order chi connectivity index (χ0) is 19.3. The lowest BCUT2D eigenvalue weighted by molar-refractivity contribution is 0.102. The summed E-state index contributed by atoms with van der Waals surface area (Å²) in [5.41, 5.74) is 2.53. The van der Waals surface area contributed by atoms with Crippen LogP contribution in [0.1, 0.15) is 16.1 Å². The molecule has 0 spiro atoms. The topological polar surface area (TPSA) is 79.8 Å². The monoisotopic (exact) mass is 389 g/mol. The number of amides is 1. The molecule has 4 rings (SSSR count). The lowest BCUT2D eigenvalue weighted by atomic mass is 10.2. The number of fused-ring (bicyclic) bond motifs is 1. The molecule has 2 aromatic carbocycles. The van der Waals surface area contributed by atoms with Crippen LogP contribution in [0.2, 0.25) is 5.02 Å². The van der Waals surface area contributed by atoms with Gasteiger partial charge in [-0.15, -0.1) is 0 Å². The number of rotatable bonds is 5. The molecule has 0 saturated carbocycles. The maximum atomic E-state index is 12.5. The van der Waals surface area contributed by atoms with Crippen molar-refractivity contribution in [3.8, 4) is 0 Å². The molecule has 4 aromatic rings. The molecule has 0 atom stereocenters. The fourth-order valence-electron chi connectivity index (χ4n) is 2.76. The Kier molecular flexibility index (Phi) is 5.12. The maximum absolute atomic E-state index is 12.5. The zero-order valence-electron chi connectivity index (χ0n) is 14.8. The van der Waals surface area contributed by atoms with Crippen LogP contribution < -0.4 is 10.6 Å². The summed E-state index contributed by atoms with van der Waals surface area (Å²) >= 11 is 6.14. The Labute approximate surface area is 166 Å². The average molecular weight is 390 g/mol. The number of nitrogens with one attached hydrogen (secondary N) is 2. The number of aromatic nitrogens is 3. The van der Waals surface area contributed by atoms with Gasteiger partial charge in [0, 0.05) is 23.2 Å². The highest BCUT2D eigenvalue weighted by atomic mass is 35.5. The van der Waals surface area contributed by atoms with Crippen LogP contribution >= 0.6 is 11.6 Å². The van der Waals surface area contributed by atoms with E-state index in [2.05, 4.69) is 25.6 Å². The molecule has 2 N–H and O–H groups in total. The van der Waals surface area contributed by atoms with Gasteiger partial charge in [0.05, 0.1) is 23.6 Å². The third kappa shape index (κ3) is 3.92. The molecule has 28 heavy (non-hydrogen) atoms. The van der Waals surface area contributed by atoms with Gasteiger partial charge in [-0.2, -0.15) is 0 Å². The summed E-state index contributed by atoms with van der Waals surface area (Å²) in [4.78, 5) is 25.3. The van der Waals surface area contributed by atoms with Crippen molar-refractivity contribution < 1.29 is 4.79 Å². The molecule has 6 nitrogen and oxygen atoms in total. The predicted molar refractivity (Wildman–Crippen MR) is 111 cm³/mol. The number of carbonyl (C=O) groups is 1. The molecular weight excluding hydrogens is 374 g/mol. The van der Waals surface area contributed by atoms with Crippen molar-refractivity contribution in [2.24, 2.45) is 0 Å². The van der Waals surface area contributed by atoms with Crippen molar-refractivity contribution in [2.75, 3.05) is 10.6 Å². The summed E-state index contributed by atoms with van der Waals surface area (Å²) in [6.45, 7) is 0.515. The summed E-state index contributed by atoms with van der Waals surface area (Å²) in [6, 6.07) is 17.0. The van der Waals surface area contributed by atoms with Crippen molar-refractivity contribution in [3.63, 3.8) is 0 Å². The second-order valence-electron chi connectivity index (χ2n) is 6.07. The first-order chi connectivity index (χ1) is 13.7. The Balaban J connectivity index is 1.44. The predicted octanol–water partition coefficient (Wildman–Crippen LogP) is 4.54. The smallest absolute Gasteiger partial charge is 0.275 e. The van der Waals surface area contributed by atoms with Crippen molar-refractivity contribution in [1.29, 1.82) is 0 Å². The van der Waals surface area contributed by atoms with Crippen LogP contribution in [0.15, 0.2) is 73.2 Å². The van der Waals surface area contributed by atoms with Crippen LogP contribution in [0.3, 0.4) is 0 Å². The van der Waals surface area contributed by atoms with Crippen molar-refractivity contribution in [2.45, 2.75) is 6.54 Å². The molecule has 7 heteroatoms. The standard InChI is InChI=1S/C21H16ClN5O/c22-16-8-2-1-5-15(16)11-25-19-13-24-18(12-26-19)21(28)27-17-9-3-6-14-7-4-10-23-20(14)17/h1-10,12-13H,11H2,(H,25,26)(H,27,28). The number of hydrogen-bond acceptors (Lipinski definition) is 5. The van der Waals surface area contributed by atoms with Crippen molar-refractivity contribution in [1.82, 2.24) is 15.0 Å². The lowest BCUT2D eigenvalue weighted by Crippen LogP contribution is -2.15. The van der Waals surface area contributed by atoms with Crippen LogP contribution in [0, 0.1) is 0 Å². The molecule has 1 amide bonds. The van der Waals surface area contributed by atoms with Gasteiger partial charge < -0.3 is 10.6 Å². The van der Waals surface area contributed by atoms with Crippen molar-refractivity contribution in [3.05, 3.63) is 89.5 Å². The molecular formula is C21H16ClN5O. The van der Waals surface area contributed by atoms with Gasteiger partial charge >= 0.3 is 0 Å². The van der Waals surface area contributed by atoms with Gasteiger partial charge in [0.2, 0.25) is 0 Å². The van der Waals surface area contributed by atoms with E-state index in [-0.39, 0.29) is 11.6 Å². The van der Waals surface area contributed by atoms with Gasteiger partial charge in [0.25, 0.3) is 5.91 Å². The third-order valence-electron chi connectivity index (χ3n) is 4.18. The first-order valence-corrected chi connectivity index (χ1v) is 9.03. The van der Waals surface area contributed by atoms with E-state index in [0.29, 0.717) is 23.1 Å². The Hall–Kier alpha value is -3.51. The Morgan fingerprint density at radius 3 is 2.61 bits per heavy atom. The van der Waals surface area contributed by atoms with Crippen LogP contribution in [0.5, 0.6) is 0 Å². The molecule has 2 aromatic heterocycles. The molecule has 0 radical (unpaired) electrons. The summed E-state index contributed by atoms with van der Waals surface area (Å²) in [6.07, 6.45) is 4.65. The van der Waals surface area contributed by atoms with E-state index in [4.69, 9.17) is 11.6 Å². The normalized spacial score (nSPS) is 10.6. The Morgan fingerprint density at radius 2 is 1.79 bits per heavy atom. The van der Waals surface area contributed by atoms with Gasteiger partial charge in [0.1, 0.15) is 11.5 Å². The van der Waals surface area contributed by atoms with Gasteiger partial charge in [-0.25, -0.2) is 9.97 Å². The molecule has 2 heterocycles. The van der Waals surface area contributed by atoms with Crippen LogP contribution in [0.4, 0.5) is 11.5 Å². The minimum Gasteiger partial charge on any atom is -0.365 e. The van der Waals surface area contributed by atoms with Gasteiger partial charge in [-0.1, -0.05) is 48.0 Å². The number of nitrogens with zero attached hydrogens (tertiary/aromatic N) is 3. The van der Waals surface area contributed by atoms with Crippen molar-refractivity contribution >= 4 is 39.9 Å². The highest BCUT2D eigenvalue weighted by Crippen LogP contribution is 2.21. The molecule has 0 saturated heterocycles. The summed E-state index contributed by atoms with van der Waals surface area (Å²) < 4.78 is 0. The van der Waals surface area contributed by atoms with E-state index in [1.54, 1.807) is 12.3 Å². The summed E-state index contributed by atoms with van der Waals surface area (Å²) in [5.74, 6) is 0.214. The maximum Gasteiger partial charge on any atom is 0.275 e. The Bertz CT molecular complexity index is 1130. The minimum atomic E-state index is -0.344. The highest BCUT2D eigenvalue weighted by Gasteiger charge is 2.11. The molecule has 0 aliphatic heterocycles. The number of pyridine rings is 1. The number of carbonyl (C=O) groups excluding carboxylic acids is 1. The van der Waals surface area contributed by atoms with E-state index < -0.39 is 0 Å². The van der Waals surface area contributed by atoms with Crippen LogP contribution in [-0.2, 0) is 6.54 Å². The minimum absolute atomic E-state index is 0.219. The SMILES string of the molecule is O=C(Nc1cccc2cccnc12)c1cnc(NCc2ccccc2Cl)cn1. The van der Waals surface area contributed by atoms with Gasteiger partial charge in [-0.05, 0) is 23.8 Å². The summed E-state index contributed by atoms with van der Waals surface area (Å²) in [7, 11) is 0. The number of hydrogen-bond donors (Lipinski definition) is 2. The van der Waals surface area contributed by atoms with E-state index in [9.17, 15) is 4.79 Å². The number of anilines is 2. The average Bonchev–Trinajstić information content (AvgIpc) is 2.74. The fraction of sp³-hybridized carbons (Fsp3) is 0.0476. The molecule has 0 unspecified atom stereocenters. The van der Waals surface area contributed by atoms with Gasteiger partial charge in [0.15, 0.2) is 0 Å². The lowest BCUT2D eigenvalue weighted by Gasteiger charge is -2.09. The molecule has 0 fully saturated rings.